The third-order valence-electron chi connectivity index (χ3n) is 27.6. The van der Waals surface area contributed by atoms with Crippen molar-refractivity contribution in [3.63, 3.8) is 0 Å². The third kappa shape index (κ3) is 29.0. The minimum atomic E-state index is -4.58. The first-order chi connectivity index (χ1) is 66.4. The van der Waals surface area contributed by atoms with E-state index in [1.54, 1.807) is 4.90 Å². The van der Waals surface area contributed by atoms with Crippen LogP contribution in [0.3, 0.4) is 0 Å². The van der Waals surface area contributed by atoms with Gasteiger partial charge in [0.25, 0.3) is 6.43 Å². The van der Waals surface area contributed by atoms with E-state index in [1.807, 2.05) is 41.3 Å². The van der Waals surface area contributed by atoms with Crippen molar-refractivity contribution < 1.29 is 63.7 Å². The Balaban J connectivity index is 0.000000236. The van der Waals surface area contributed by atoms with E-state index in [9.17, 15) is 49.5 Å². The number of anilines is 6. The largest absolute Gasteiger partial charge is 0.462 e. The standard InChI is InChI=1S/C36H42ClF3N8O2.C33H36ClF2N7O2.C31H38F3N7O2.2CH4.4H2S/c1-41-20-27-21-47(18-19-48(27)32(49)13-7-15-44(2)24-36(38,39)40)34-28-14-17-46(31-12-5-9-25-8-4-11-29(37)33(25)31)22-30(28)42-35(43-34)50-23-26-10-6-16-45(26)3;1-37-18-24-19-42(16-17-43(24)30(44)12-11-29(35)36)32-25-13-15-41(28-10-4-7-22-6-3-9-26(34)31(22)28)20-27(25)38-33(39-32)45-21-23-8-5-14-40(23)2;1-21-7-5-9-27(22(21)2)39-14-11-25-26(19-39)36-30(43-20-23-8-6-13-38(23)4)37-29(25)40-15-16-41(24(18-40)17-35-3)28(42)10-12-31(32,33)34;;;;;;/h4-5,7-9,11-13,26-27H,6,10,14-24H2,2-3H3;3-4,6-7,9-12,23-24,29H,5,8,13-21H2,2H3;5,7,9-10,12,23-24H,6,8,11,13-20H2,1-2,4H3;2*1H4;4*1H2/b13-7+;12-11+;12-10+;;;;;;/t26-,27-;2*23-,24-;;;;;;/m000....../s1. The van der Waals surface area contributed by atoms with E-state index in [4.69, 9.17) is 87.0 Å². The number of aromatic nitrogens is 6. The van der Waals surface area contributed by atoms with Crippen LogP contribution in [0, 0.1) is 33.6 Å². The number of rotatable bonds is 25. The first-order valence-corrected chi connectivity index (χ1v) is 47.8. The van der Waals surface area contributed by atoms with Gasteiger partial charge in [-0.3, -0.25) is 19.3 Å². The highest BCUT2D eigenvalue weighted by Crippen LogP contribution is 2.42. The van der Waals surface area contributed by atoms with Gasteiger partial charge in [-0.1, -0.05) is 105 Å². The zero-order chi connectivity index (χ0) is 97.6. The normalized spacial score (nSPS) is 19.8. The van der Waals surface area contributed by atoms with Crippen LogP contribution < -0.4 is 43.6 Å². The number of ether oxygens (including phenoxy) is 3. The molecule has 144 heavy (non-hydrogen) atoms. The van der Waals surface area contributed by atoms with Crippen LogP contribution in [0.25, 0.3) is 36.1 Å². The van der Waals surface area contributed by atoms with Crippen molar-refractivity contribution >= 4 is 151 Å². The van der Waals surface area contributed by atoms with E-state index in [0.29, 0.717) is 150 Å². The van der Waals surface area contributed by atoms with Gasteiger partial charge in [-0.05, 0) is 178 Å². The van der Waals surface area contributed by atoms with Crippen molar-refractivity contribution in [2.45, 2.75) is 161 Å². The predicted molar refractivity (Wildman–Crippen MR) is 573 cm³/mol. The van der Waals surface area contributed by atoms with Gasteiger partial charge in [-0.2, -0.15) is 110 Å². The molecule has 6 atom stereocenters. The summed E-state index contributed by atoms with van der Waals surface area (Å²) in [5.41, 5.74) is 11.3. The SMILES string of the molecule is C.C.S.S.S.S.[C-]#[N+]C[C@H]1CN(c2nc(OC[C@@H]3CCCN3C)nc3c2CCN(c2cccc(C)c2C)C3)CCN1C(=O)/C=C/C(F)(F)F.[C-]#[N+]C[C@H]1CN(c2nc(OC[C@@H]3CCCN3C)nc3c2CCN(c2cccc4cccc(Cl)c24)C3)CCN1C(=O)/C=C/C(F)F.[C-]#[N+]C[C@H]1CN(c2nc(OC[C@@H]3CCCN3C)nc3c2CCN(c2cccc4cccc(Cl)c24)C3)CCN1C(=O)/C=C/CN(C)CC(F)(F)F. The van der Waals surface area contributed by atoms with Gasteiger partial charge < -0.3 is 87.5 Å². The Bertz CT molecular complexity index is 5930. The van der Waals surface area contributed by atoms with Gasteiger partial charge in [0.1, 0.15) is 55.4 Å². The Morgan fingerprint density at radius 3 is 1.16 bits per heavy atom. The molecule has 0 aliphatic carbocycles. The highest BCUT2D eigenvalue weighted by molar-refractivity contribution is 7.59. The lowest BCUT2D eigenvalue weighted by molar-refractivity contribution is -0.142. The topological polar surface area (TPSA) is 211 Å². The fourth-order valence-electron chi connectivity index (χ4n) is 20.1. The Labute approximate surface area is 877 Å². The van der Waals surface area contributed by atoms with Gasteiger partial charge in [0, 0.05) is 172 Å². The molecular formula is C102H132Cl2F8N22O6S4. The quantitative estimate of drug-likeness (QED) is 0.0296. The average Bonchev–Trinajstić information content (AvgIpc) is 0.866. The summed E-state index contributed by atoms with van der Waals surface area (Å²) < 4.78 is 121. The minimum absolute atomic E-state index is 0. The molecule has 6 saturated heterocycles. The van der Waals surface area contributed by atoms with Crippen molar-refractivity contribution in [3.05, 3.63) is 217 Å². The number of hydrogen-bond acceptors (Lipinski definition) is 22. The first kappa shape index (κ1) is 117. The number of hydrogen-bond donors (Lipinski definition) is 0. The van der Waals surface area contributed by atoms with Gasteiger partial charge in [0.05, 0.1) is 53.3 Å². The minimum Gasteiger partial charge on any atom is -0.462 e. The maximum atomic E-state index is 13.2. The molecule has 8 aromatic rings. The number of aryl methyl sites for hydroxylation is 1. The number of piperazine rings is 3. The van der Waals surface area contributed by atoms with Crippen LogP contribution in [-0.4, -0.2) is 316 Å². The molecule has 780 valence electrons. The lowest BCUT2D eigenvalue weighted by Crippen LogP contribution is -2.56. The molecule has 3 aromatic heterocycles. The Hall–Kier alpha value is -10.6. The number of nitrogens with zero attached hydrogens (tertiary/aromatic N) is 22. The highest BCUT2D eigenvalue weighted by atomic mass is 35.5. The summed E-state index contributed by atoms with van der Waals surface area (Å²) in [6.07, 6.45) is 1.71. The van der Waals surface area contributed by atoms with Gasteiger partial charge in [0.15, 0.2) is 0 Å². The van der Waals surface area contributed by atoms with Crippen LogP contribution in [-0.2, 0) is 53.3 Å². The van der Waals surface area contributed by atoms with Crippen LogP contribution >= 0.6 is 77.2 Å². The zero-order valence-corrected chi connectivity index (χ0v) is 86.0. The van der Waals surface area contributed by atoms with E-state index in [-0.39, 0.29) is 139 Å². The maximum absolute atomic E-state index is 13.2. The molecule has 0 bridgehead atoms. The lowest BCUT2D eigenvalue weighted by Gasteiger charge is -2.41. The molecular weight excluding hydrogens is 1980 g/mol. The van der Waals surface area contributed by atoms with E-state index in [1.165, 1.54) is 40.1 Å². The van der Waals surface area contributed by atoms with Gasteiger partial charge >= 0.3 is 30.4 Å². The number of benzene rings is 5. The molecule has 0 unspecified atom stereocenters. The molecule has 28 nitrogen and oxygen atoms in total. The van der Waals surface area contributed by atoms with Crippen molar-refractivity contribution in [3.8, 4) is 18.0 Å². The van der Waals surface area contributed by atoms with Crippen molar-refractivity contribution in [1.29, 1.82) is 0 Å². The molecule has 42 heteroatoms. The monoisotopic (exact) mass is 2110 g/mol. The van der Waals surface area contributed by atoms with Gasteiger partial charge in [-0.25, -0.2) is 28.5 Å². The second-order valence-electron chi connectivity index (χ2n) is 36.7. The van der Waals surface area contributed by atoms with Gasteiger partial charge in [0.2, 0.25) is 37.4 Å². The van der Waals surface area contributed by atoms with E-state index >= 15 is 0 Å². The van der Waals surface area contributed by atoms with Gasteiger partial charge in [-0.15, -0.1) is 0 Å². The third-order valence-corrected chi connectivity index (χ3v) is 28.2. The van der Waals surface area contributed by atoms with Crippen molar-refractivity contribution in [2.24, 2.45) is 0 Å². The van der Waals surface area contributed by atoms with Crippen LogP contribution in [0.5, 0.6) is 18.0 Å². The van der Waals surface area contributed by atoms with Crippen LogP contribution in [0.1, 0.15) is 98.3 Å². The van der Waals surface area contributed by atoms with E-state index < -0.39 is 55.3 Å². The molecule has 0 saturated carbocycles. The smallest absolute Gasteiger partial charge is 0.409 e. The zero-order valence-electron chi connectivity index (χ0n) is 80.5. The average molecular weight is 2110 g/mol. The Kier molecular flexibility index (Phi) is 43.2. The Morgan fingerprint density at radius 1 is 0.465 bits per heavy atom. The molecule has 17 rings (SSSR count). The number of likely N-dealkylation sites (tertiary alicyclic amines) is 3. The maximum Gasteiger partial charge on any atom is 0.409 e. The summed E-state index contributed by atoms with van der Waals surface area (Å²) in [5.74, 6) is 0.639. The number of carbonyl (C=O) groups is 3. The summed E-state index contributed by atoms with van der Waals surface area (Å²) in [6, 6.07) is 30.8. The fraction of sp³-hybridized carbons (Fsp3) is 0.510. The number of allylic oxidation sites excluding steroid dienone is 2. The second kappa shape index (κ2) is 53.2. The summed E-state index contributed by atoms with van der Waals surface area (Å²) in [4.78, 5) is 104. The van der Waals surface area contributed by atoms with Crippen LogP contribution in [0.4, 0.5) is 69.6 Å². The number of amides is 3. The van der Waals surface area contributed by atoms with Crippen molar-refractivity contribution in [1.82, 2.24) is 64.2 Å². The number of fused-ring (bicyclic) bond motifs is 5. The molecule has 9 aliphatic heterocycles. The fourth-order valence-corrected chi connectivity index (χ4v) is 20.7. The summed E-state index contributed by atoms with van der Waals surface area (Å²) in [6.45, 7) is 37.3. The molecule has 3 amide bonds. The van der Waals surface area contributed by atoms with E-state index in [0.717, 1.165) is 173 Å². The number of likely N-dealkylation sites (N-methyl/N-ethyl adjacent to an activating group) is 4. The molecule has 6 fully saturated rings. The second-order valence-corrected chi connectivity index (χ2v) is 37.5. The van der Waals surface area contributed by atoms with Crippen molar-refractivity contribution in [2.75, 3.05) is 208 Å². The first-order valence-electron chi connectivity index (χ1n) is 47.0. The Morgan fingerprint density at radius 2 is 0.812 bits per heavy atom. The molecule has 0 spiro atoms. The number of halogens is 10. The summed E-state index contributed by atoms with van der Waals surface area (Å²) in [7, 11) is 7.64. The molecule has 9 aliphatic rings. The molecule has 0 N–H and O–H groups in total. The van der Waals surface area contributed by atoms with Crippen LogP contribution in [0.15, 0.2) is 127 Å². The molecule has 12 heterocycles. The van der Waals surface area contributed by atoms with Crippen LogP contribution in [0.2, 0.25) is 10.0 Å². The molecule has 0 radical (unpaired) electrons. The lowest BCUT2D eigenvalue weighted by atomic mass is 10.0. The number of alkyl halides is 8. The number of carbonyl (C=O) groups excluding carboxylic acids is 3. The predicted octanol–water partition coefficient (Wildman–Crippen LogP) is 16.3. The summed E-state index contributed by atoms with van der Waals surface area (Å²) in [5, 5.41) is 5.53. The van der Waals surface area contributed by atoms with E-state index in [2.05, 4.69) is 143 Å². The molecule has 5 aromatic carbocycles. The summed E-state index contributed by atoms with van der Waals surface area (Å²) >= 11 is 13.4. The highest BCUT2D eigenvalue weighted by Gasteiger charge is 2.42.